The Morgan fingerprint density at radius 3 is 2.20 bits per heavy atom. The summed E-state index contributed by atoms with van der Waals surface area (Å²) in [5.41, 5.74) is -1.55. The number of halogens is 3. The molecule has 0 aromatic rings. The molecule has 0 radical (unpaired) electrons. The van der Waals surface area contributed by atoms with Gasteiger partial charge in [0.15, 0.2) is 0 Å². The number of hydrogen-bond donors (Lipinski definition) is 2. The quantitative estimate of drug-likeness (QED) is 0.675. The predicted molar refractivity (Wildman–Crippen MR) is 53.8 cm³/mol. The van der Waals surface area contributed by atoms with Crippen molar-refractivity contribution in [2.24, 2.45) is 0 Å². The van der Waals surface area contributed by atoms with Gasteiger partial charge in [0.1, 0.15) is 5.54 Å². The summed E-state index contributed by atoms with van der Waals surface area (Å²) < 4.78 is 37.4. The molecule has 0 amide bonds. The van der Waals surface area contributed by atoms with Crippen molar-refractivity contribution in [2.45, 2.75) is 50.9 Å². The average molecular weight is 224 g/mol. The van der Waals surface area contributed by atoms with Crippen LogP contribution in [-0.2, 0) is 0 Å². The highest BCUT2D eigenvalue weighted by Gasteiger charge is 2.62. The van der Waals surface area contributed by atoms with E-state index in [1.807, 2.05) is 13.8 Å². The van der Waals surface area contributed by atoms with Gasteiger partial charge in [0, 0.05) is 6.04 Å². The van der Waals surface area contributed by atoms with Gasteiger partial charge in [-0.2, -0.15) is 13.2 Å². The van der Waals surface area contributed by atoms with Gasteiger partial charge in [0.05, 0.1) is 0 Å². The molecule has 1 aliphatic carbocycles. The lowest BCUT2D eigenvalue weighted by atomic mass is 10.2. The van der Waals surface area contributed by atoms with Crippen LogP contribution in [0.15, 0.2) is 0 Å². The van der Waals surface area contributed by atoms with E-state index >= 15 is 0 Å². The Morgan fingerprint density at radius 2 is 1.80 bits per heavy atom. The van der Waals surface area contributed by atoms with E-state index in [2.05, 4.69) is 10.6 Å². The maximum atomic E-state index is 12.5. The predicted octanol–water partition coefficient (Wildman–Crippen LogP) is 2.06. The van der Waals surface area contributed by atoms with Gasteiger partial charge >= 0.3 is 6.18 Å². The summed E-state index contributed by atoms with van der Waals surface area (Å²) in [6.07, 6.45) is -2.89. The molecule has 0 aliphatic heterocycles. The van der Waals surface area contributed by atoms with Gasteiger partial charge in [-0.3, -0.25) is 0 Å². The van der Waals surface area contributed by atoms with Crippen LogP contribution < -0.4 is 10.6 Å². The maximum Gasteiger partial charge on any atom is 0.406 e. The van der Waals surface area contributed by atoms with Crippen LogP contribution >= 0.6 is 0 Å². The van der Waals surface area contributed by atoms with Gasteiger partial charge < -0.3 is 10.6 Å². The molecule has 2 nitrogen and oxygen atoms in total. The third kappa shape index (κ3) is 3.65. The van der Waals surface area contributed by atoms with Crippen LogP contribution in [0.4, 0.5) is 13.2 Å². The van der Waals surface area contributed by atoms with Crippen molar-refractivity contribution in [1.82, 2.24) is 10.6 Å². The van der Waals surface area contributed by atoms with Crippen LogP contribution in [0.1, 0.15) is 33.1 Å². The molecule has 15 heavy (non-hydrogen) atoms. The smallest absolute Gasteiger partial charge is 0.314 e. The Bertz CT molecular complexity index is 197. The molecule has 0 aromatic carbocycles. The second-order valence-corrected chi connectivity index (χ2v) is 4.47. The topological polar surface area (TPSA) is 24.1 Å². The minimum atomic E-state index is -4.08. The molecule has 1 aliphatic rings. The molecule has 0 aromatic heterocycles. The van der Waals surface area contributed by atoms with Gasteiger partial charge in [-0.25, -0.2) is 0 Å². The summed E-state index contributed by atoms with van der Waals surface area (Å²) in [4.78, 5) is 0. The molecule has 1 rings (SSSR count). The lowest BCUT2D eigenvalue weighted by Crippen LogP contribution is -2.45. The lowest BCUT2D eigenvalue weighted by Gasteiger charge is -2.20. The van der Waals surface area contributed by atoms with Gasteiger partial charge in [-0.1, -0.05) is 13.8 Å². The van der Waals surface area contributed by atoms with Gasteiger partial charge in [0.25, 0.3) is 0 Å². The van der Waals surface area contributed by atoms with Crippen LogP contribution in [0.3, 0.4) is 0 Å². The summed E-state index contributed by atoms with van der Waals surface area (Å²) in [5, 5.41) is 5.79. The molecule has 1 saturated carbocycles. The summed E-state index contributed by atoms with van der Waals surface area (Å²) in [7, 11) is 0. The molecule has 0 atom stereocenters. The largest absolute Gasteiger partial charge is 0.406 e. The monoisotopic (exact) mass is 224 g/mol. The van der Waals surface area contributed by atoms with Crippen LogP contribution in [0, 0.1) is 0 Å². The Hall–Kier alpha value is -0.290. The van der Waals surface area contributed by atoms with Crippen molar-refractivity contribution in [3.8, 4) is 0 Å². The van der Waals surface area contributed by atoms with Crippen molar-refractivity contribution >= 4 is 0 Å². The zero-order valence-electron chi connectivity index (χ0n) is 9.25. The molecule has 0 saturated heterocycles. The minimum absolute atomic E-state index is 0.230. The Morgan fingerprint density at radius 1 is 1.20 bits per heavy atom. The Kier molecular flexibility index (Phi) is 4.00. The first-order valence-electron chi connectivity index (χ1n) is 5.42. The van der Waals surface area contributed by atoms with E-state index in [0.717, 1.165) is 13.0 Å². The second kappa shape index (κ2) is 4.70. The van der Waals surface area contributed by atoms with Crippen molar-refractivity contribution in [2.75, 3.05) is 13.1 Å². The van der Waals surface area contributed by atoms with Crippen LogP contribution in [-0.4, -0.2) is 30.8 Å². The van der Waals surface area contributed by atoms with E-state index < -0.39 is 11.7 Å². The first-order valence-corrected chi connectivity index (χ1v) is 5.42. The third-order valence-corrected chi connectivity index (χ3v) is 2.66. The SMILES string of the molecule is CC(C)NCCCNC1(C(F)(F)F)CC1. The van der Waals surface area contributed by atoms with Crippen molar-refractivity contribution in [3.63, 3.8) is 0 Å². The highest BCUT2D eigenvalue weighted by atomic mass is 19.4. The Balaban J connectivity index is 2.11. The first kappa shape index (κ1) is 12.8. The molecule has 1 fully saturated rings. The number of hydrogen-bond acceptors (Lipinski definition) is 2. The maximum absolute atomic E-state index is 12.5. The molecule has 0 heterocycles. The van der Waals surface area contributed by atoms with E-state index in [0.29, 0.717) is 12.6 Å². The molecular formula is C10H19F3N2. The molecule has 90 valence electrons. The summed E-state index contributed by atoms with van der Waals surface area (Å²) in [5.74, 6) is 0. The summed E-state index contributed by atoms with van der Waals surface area (Å²) in [6.45, 7) is 5.23. The average Bonchev–Trinajstić information content (AvgIpc) is 2.82. The van der Waals surface area contributed by atoms with Gasteiger partial charge in [-0.05, 0) is 32.4 Å². The highest BCUT2D eigenvalue weighted by Crippen LogP contribution is 2.48. The van der Waals surface area contributed by atoms with Crippen LogP contribution in [0.25, 0.3) is 0 Å². The summed E-state index contributed by atoms with van der Waals surface area (Å²) >= 11 is 0. The molecular weight excluding hydrogens is 205 g/mol. The van der Waals surface area contributed by atoms with E-state index in [9.17, 15) is 13.2 Å². The number of rotatable bonds is 6. The van der Waals surface area contributed by atoms with E-state index in [-0.39, 0.29) is 12.8 Å². The number of nitrogens with one attached hydrogen (secondary N) is 2. The molecule has 0 spiro atoms. The Labute approximate surface area is 88.6 Å². The normalized spacial score (nSPS) is 19.6. The van der Waals surface area contributed by atoms with Crippen molar-refractivity contribution < 1.29 is 13.2 Å². The van der Waals surface area contributed by atoms with E-state index in [1.54, 1.807) is 0 Å². The summed E-state index contributed by atoms with van der Waals surface area (Å²) in [6, 6.07) is 0.391. The zero-order valence-corrected chi connectivity index (χ0v) is 9.25. The highest BCUT2D eigenvalue weighted by molar-refractivity contribution is 5.07. The fourth-order valence-corrected chi connectivity index (χ4v) is 1.49. The standard InChI is InChI=1S/C10H19F3N2/c1-8(2)14-6-3-7-15-9(4-5-9)10(11,12)13/h8,14-15H,3-7H2,1-2H3. The lowest BCUT2D eigenvalue weighted by molar-refractivity contribution is -0.165. The third-order valence-electron chi connectivity index (χ3n) is 2.66. The minimum Gasteiger partial charge on any atom is -0.314 e. The van der Waals surface area contributed by atoms with Gasteiger partial charge in [-0.15, -0.1) is 0 Å². The van der Waals surface area contributed by atoms with Crippen molar-refractivity contribution in [1.29, 1.82) is 0 Å². The van der Waals surface area contributed by atoms with E-state index in [1.165, 1.54) is 0 Å². The second-order valence-electron chi connectivity index (χ2n) is 4.47. The molecule has 0 bridgehead atoms. The molecule has 2 N–H and O–H groups in total. The van der Waals surface area contributed by atoms with Crippen LogP contribution in [0.2, 0.25) is 0 Å². The fourth-order valence-electron chi connectivity index (χ4n) is 1.49. The molecule has 5 heteroatoms. The molecule has 0 unspecified atom stereocenters. The van der Waals surface area contributed by atoms with Gasteiger partial charge in [0.2, 0.25) is 0 Å². The van der Waals surface area contributed by atoms with Crippen LogP contribution in [0.5, 0.6) is 0 Å². The fraction of sp³-hybridized carbons (Fsp3) is 1.00. The first-order chi connectivity index (χ1) is 6.87. The van der Waals surface area contributed by atoms with E-state index in [4.69, 9.17) is 0 Å². The van der Waals surface area contributed by atoms with Crippen molar-refractivity contribution in [3.05, 3.63) is 0 Å². The number of alkyl halides is 3. The zero-order chi connectivity index (χ0) is 11.5.